The highest BCUT2D eigenvalue weighted by molar-refractivity contribution is 14.0. The fraction of sp³-hybridized carbons (Fsp3) is 0.833. The van der Waals surface area contributed by atoms with Crippen molar-refractivity contribution in [2.24, 2.45) is 4.99 Å². The normalized spacial score (nSPS) is 11.9. The van der Waals surface area contributed by atoms with Gasteiger partial charge >= 0.3 is 6.09 Å². The second kappa shape index (κ2) is 13.0. The lowest BCUT2D eigenvalue weighted by Gasteiger charge is -2.26. The van der Waals surface area contributed by atoms with Gasteiger partial charge in [0.1, 0.15) is 12.1 Å². The third-order valence-electron chi connectivity index (χ3n) is 2.95. The lowest BCUT2D eigenvalue weighted by Crippen LogP contribution is -2.45. The second-order valence-electron chi connectivity index (χ2n) is 7.98. The SMILES string of the molecule is CCNC(=NCC(=O)NC(C)(C)C)NCCN(CC)C(=O)OC(C)(C)C.I. The molecule has 0 rings (SSSR count). The zero-order chi connectivity index (χ0) is 20.4. The second-order valence-corrected chi connectivity index (χ2v) is 7.98. The van der Waals surface area contributed by atoms with Gasteiger partial charge in [-0.15, -0.1) is 24.0 Å². The summed E-state index contributed by atoms with van der Waals surface area (Å²) in [4.78, 5) is 29.9. The van der Waals surface area contributed by atoms with Crippen LogP contribution in [0.4, 0.5) is 4.79 Å². The third-order valence-corrected chi connectivity index (χ3v) is 2.95. The smallest absolute Gasteiger partial charge is 0.410 e. The van der Waals surface area contributed by atoms with Gasteiger partial charge in [-0.3, -0.25) is 4.79 Å². The van der Waals surface area contributed by atoms with Crippen molar-refractivity contribution in [3.63, 3.8) is 0 Å². The summed E-state index contributed by atoms with van der Waals surface area (Å²) in [6.07, 6.45) is -0.340. The summed E-state index contributed by atoms with van der Waals surface area (Å²) in [5, 5.41) is 9.08. The molecule has 0 unspecified atom stereocenters. The number of aliphatic imine (C=N–C) groups is 1. The molecule has 0 aromatic carbocycles. The summed E-state index contributed by atoms with van der Waals surface area (Å²) in [5.41, 5.74) is -0.803. The summed E-state index contributed by atoms with van der Waals surface area (Å²) in [7, 11) is 0. The summed E-state index contributed by atoms with van der Waals surface area (Å²) in [5.74, 6) is 0.399. The molecule has 0 heterocycles. The molecule has 0 aromatic heterocycles. The molecule has 0 aliphatic rings. The molecular weight excluding hydrogens is 461 g/mol. The highest BCUT2D eigenvalue weighted by Gasteiger charge is 2.20. The number of rotatable bonds is 7. The number of carbonyl (C=O) groups excluding carboxylic acids is 2. The molecule has 0 bridgehead atoms. The van der Waals surface area contributed by atoms with E-state index in [4.69, 9.17) is 4.74 Å². The number of hydrogen-bond donors (Lipinski definition) is 3. The Morgan fingerprint density at radius 3 is 2.07 bits per heavy atom. The lowest BCUT2D eigenvalue weighted by atomic mass is 10.1. The monoisotopic (exact) mass is 499 g/mol. The maximum atomic E-state index is 12.1. The Balaban J connectivity index is 0. The summed E-state index contributed by atoms with van der Waals surface area (Å²) in [6.45, 7) is 17.4. The van der Waals surface area contributed by atoms with Crippen LogP contribution in [0.15, 0.2) is 4.99 Å². The number of halogens is 1. The first kappa shape index (κ1) is 28.0. The number of guanidine groups is 1. The predicted octanol–water partition coefficient (Wildman–Crippen LogP) is 2.33. The van der Waals surface area contributed by atoms with E-state index < -0.39 is 5.60 Å². The molecule has 27 heavy (non-hydrogen) atoms. The van der Waals surface area contributed by atoms with Crippen molar-refractivity contribution >= 4 is 41.9 Å². The van der Waals surface area contributed by atoms with Gasteiger partial charge in [0.05, 0.1) is 0 Å². The van der Waals surface area contributed by atoms with Gasteiger partial charge in [0.25, 0.3) is 0 Å². The number of nitrogens with zero attached hydrogens (tertiary/aromatic N) is 2. The average Bonchev–Trinajstić information content (AvgIpc) is 2.45. The van der Waals surface area contributed by atoms with Gasteiger partial charge in [0.2, 0.25) is 5.91 Å². The fourth-order valence-corrected chi connectivity index (χ4v) is 1.96. The van der Waals surface area contributed by atoms with E-state index in [2.05, 4.69) is 20.9 Å². The van der Waals surface area contributed by atoms with Crippen LogP contribution in [0.3, 0.4) is 0 Å². The summed E-state index contributed by atoms with van der Waals surface area (Å²) < 4.78 is 5.38. The van der Waals surface area contributed by atoms with Crippen LogP contribution in [0, 0.1) is 0 Å². The van der Waals surface area contributed by atoms with Crippen LogP contribution in [-0.4, -0.2) is 66.7 Å². The molecular formula is C18H38IN5O3. The predicted molar refractivity (Wildman–Crippen MR) is 121 cm³/mol. The van der Waals surface area contributed by atoms with Crippen LogP contribution < -0.4 is 16.0 Å². The minimum absolute atomic E-state index is 0. The molecule has 9 heteroatoms. The van der Waals surface area contributed by atoms with E-state index in [1.165, 1.54) is 0 Å². The first-order valence-corrected chi connectivity index (χ1v) is 9.19. The van der Waals surface area contributed by atoms with Gasteiger partial charge in [0, 0.05) is 31.7 Å². The first-order chi connectivity index (χ1) is 11.9. The van der Waals surface area contributed by atoms with Crippen LogP contribution in [0.1, 0.15) is 55.4 Å². The largest absolute Gasteiger partial charge is 0.444 e. The van der Waals surface area contributed by atoms with Crippen LogP contribution in [0.2, 0.25) is 0 Å². The van der Waals surface area contributed by atoms with Gasteiger partial charge in [-0.05, 0) is 55.4 Å². The Morgan fingerprint density at radius 1 is 1.04 bits per heavy atom. The Morgan fingerprint density at radius 2 is 1.63 bits per heavy atom. The molecule has 2 amide bonds. The number of likely N-dealkylation sites (N-methyl/N-ethyl adjacent to an activating group) is 1. The van der Waals surface area contributed by atoms with E-state index in [0.717, 1.165) is 0 Å². The standard InChI is InChI=1S/C18H37N5O3.HI/c1-9-19-15(21-13-14(24)22-17(3,4)5)20-11-12-23(10-2)16(25)26-18(6,7)8;/h9-13H2,1-8H3,(H,22,24)(H2,19,20,21);1H. The van der Waals surface area contributed by atoms with Gasteiger partial charge in [-0.2, -0.15) is 0 Å². The summed E-state index contributed by atoms with van der Waals surface area (Å²) in [6, 6.07) is 0. The van der Waals surface area contributed by atoms with Crippen molar-refractivity contribution in [1.29, 1.82) is 0 Å². The number of nitrogens with one attached hydrogen (secondary N) is 3. The zero-order valence-electron chi connectivity index (χ0n) is 18.1. The quantitative estimate of drug-likeness (QED) is 0.284. The van der Waals surface area contributed by atoms with Crippen LogP contribution in [0.5, 0.6) is 0 Å². The molecule has 0 aromatic rings. The fourth-order valence-electron chi connectivity index (χ4n) is 1.96. The maximum absolute atomic E-state index is 12.1. The maximum Gasteiger partial charge on any atom is 0.410 e. The van der Waals surface area contributed by atoms with Crippen molar-refractivity contribution in [1.82, 2.24) is 20.9 Å². The Hall–Kier alpha value is -1.26. The number of carbonyl (C=O) groups is 2. The number of ether oxygens (including phenoxy) is 1. The van der Waals surface area contributed by atoms with E-state index in [1.54, 1.807) is 4.90 Å². The van der Waals surface area contributed by atoms with Gasteiger partial charge in [0.15, 0.2) is 5.96 Å². The molecule has 0 atom stereocenters. The van der Waals surface area contributed by atoms with Crippen molar-refractivity contribution < 1.29 is 14.3 Å². The van der Waals surface area contributed by atoms with Gasteiger partial charge in [-0.25, -0.2) is 9.79 Å². The molecule has 0 aliphatic heterocycles. The molecule has 0 saturated carbocycles. The molecule has 0 saturated heterocycles. The zero-order valence-corrected chi connectivity index (χ0v) is 20.4. The molecule has 0 spiro atoms. The highest BCUT2D eigenvalue weighted by atomic mass is 127. The van der Waals surface area contributed by atoms with E-state index >= 15 is 0 Å². The van der Waals surface area contributed by atoms with Gasteiger partial charge in [-0.1, -0.05) is 0 Å². The Labute approximate surface area is 181 Å². The first-order valence-electron chi connectivity index (χ1n) is 9.19. The average molecular weight is 499 g/mol. The molecule has 8 nitrogen and oxygen atoms in total. The Bertz CT molecular complexity index is 484. The van der Waals surface area contributed by atoms with Crippen LogP contribution in [0.25, 0.3) is 0 Å². The Kier molecular flexibility index (Phi) is 13.5. The molecule has 160 valence electrons. The highest BCUT2D eigenvalue weighted by Crippen LogP contribution is 2.09. The van der Waals surface area contributed by atoms with E-state index in [-0.39, 0.29) is 48.1 Å². The van der Waals surface area contributed by atoms with Crippen molar-refractivity contribution in [3.05, 3.63) is 0 Å². The molecule has 0 radical (unpaired) electrons. The minimum atomic E-state index is -0.519. The number of amides is 2. The lowest BCUT2D eigenvalue weighted by molar-refractivity contribution is -0.121. The molecule has 0 aliphatic carbocycles. The van der Waals surface area contributed by atoms with E-state index in [9.17, 15) is 9.59 Å². The van der Waals surface area contributed by atoms with Crippen molar-refractivity contribution in [3.8, 4) is 0 Å². The third kappa shape index (κ3) is 15.5. The number of hydrogen-bond acceptors (Lipinski definition) is 4. The van der Waals surface area contributed by atoms with Gasteiger partial charge < -0.3 is 25.6 Å². The van der Waals surface area contributed by atoms with Crippen LogP contribution in [-0.2, 0) is 9.53 Å². The summed E-state index contributed by atoms with van der Waals surface area (Å²) >= 11 is 0. The molecule has 0 fully saturated rings. The molecule has 3 N–H and O–H groups in total. The topological polar surface area (TPSA) is 95.1 Å². The minimum Gasteiger partial charge on any atom is -0.444 e. The van der Waals surface area contributed by atoms with Crippen LogP contribution >= 0.6 is 24.0 Å². The van der Waals surface area contributed by atoms with E-state index in [0.29, 0.717) is 32.1 Å². The van der Waals surface area contributed by atoms with Crippen molar-refractivity contribution in [2.45, 2.75) is 66.5 Å². The van der Waals surface area contributed by atoms with Crippen molar-refractivity contribution in [2.75, 3.05) is 32.7 Å². The van der Waals surface area contributed by atoms with E-state index in [1.807, 2.05) is 55.4 Å².